The maximum atomic E-state index is 6.24. The highest BCUT2D eigenvalue weighted by molar-refractivity contribution is 6.66. The molecule has 5 nitrogen and oxygen atoms in total. The zero-order valence-corrected chi connectivity index (χ0v) is 24.5. The van der Waals surface area contributed by atoms with Gasteiger partial charge in [0, 0.05) is 13.2 Å². The van der Waals surface area contributed by atoms with Gasteiger partial charge in [-0.15, -0.1) is 0 Å². The molecule has 0 aliphatic rings. The molecule has 6 heteroatoms. The topological polar surface area (TPSA) is 28.2 Å². The lowest BCUT2D eigenvalue weighted by atomic mass is 9.73. The summed E-state index contributed by atoms with van der Waals surface area (Å²) in [6, 6.07) is 1.12. The van der Waals surface area contributed by atoms with Crippen LogP contribution < -0.4 is 0 Å². The van der Waals surface area contributed by atoms with E-state index in [1.807, 2.05) is 0 Å². The molecule has 0 aromatic rings. The molecule has 0 amide bonds. The summed E-state index contributed by atoms with van der Waals surface area (Å²) in [5.41, 5.74) is 0.403. The van der Waals surface area contributed by atoms with Gasteiger partial charge in [-0.3, -0.25) is 0 Å². The lowest BCUT2D eigenvalue weighted by molar-refractivity contribution is 0.147. The molecule has 0 fully saturated rings. The molecule has 32 heavy (non-hydrogen) atoms. The molecule has 0 spiro atoms. The third-order valence-electron chi connectivity index (χ3n) is 7.37. The Labute approximate surface area is 203 Å². The van der Waals surface area contributed by atoms with E-state index in [4.69, 9.17) is 8.85 Å². The van der Waals surface area contributed by atoms with E-state index >= 15 is 0 Å². The van der Waals surface area contributed by atoms with Gasteiger partial charge < -0.3 is 23.6 Å². The summed E-state index contributed by atoms with van der Waals surface area (Å²) >= 11 is 0. The number of hydrogen-bond donors (Lipinski definition) is 0. The molecule has 0 aliphatic carbocycles. The van der Waals surface area contributed by atoms with Gasteiger partial charge in [0.05, 0.1) is 0 Å². The Morgan fingerprint density at radius 3 is 1.22 bits per heavy atom. The smallest absolute Gasteiger partial charge is 0.334 e. The van der Waals surface area contributed by atoms with Gasteiger partial charge in [0.25, 0.3) is 0 Å². The second-order valence-corrected chi connectivity index (χ2v) is 13.3. The highest BCUT2D eigenvalue weighted by Gasteiger charge is 2.37. The summed E-state index contributed by atoms with van der Waals surface area (Å²) in [5.74, 6) is 0. The van der Waals surface area contributed by atoms with Crippen LogP contribution in [0.1, 0.15) is 79.6 Å². The monoisotopic (exact) mass is 473 g/mol. The zero-order valence-electron chi connectivity index (χ0n) is 23.5. The first-order chi connectivity index (χ1) is 15.2. The molecule has 0 rings (SSSR count). The van der Waals surface area contributed by atoms with Gasteiger partial charge in [0.2, 0.25) is 0 Å². The van der Waals surface area contributed by atoms with Crippen molar-refractivity contribution in [2.75, 3.05) is 73.6 Å². The fourth-order valence-corrected chi connectivity index (χ4v) is 7.26. The summed E-state index contributed by atoms with van der Waals surface area (Å²) in [6.07, 6.45) is 9.10. The van der Waals surface area contributed by atoms with E-state index in [-0.39, 0.29) is 0 Å². The Bertz CT molecular complexity index is 393. The molecule has 0 aliphatic heterocycles. The van der Waals surface area contributed by atoms with Crippen LogP contribution in [0.25, 0.3) is 0 Å². The maximum Gasteiger partial charge on any atom is 0.334 e. The summed E-state index contributed by atoms with van der Waals surface area (Å²) in [6.45, 7) is 21.8. The zero-order chi connectivity index (χ0) is 24.5. The van der Waals surface area contributed by atoms with Gasteiger partial charge in [-0.05, 0) is 137 Å². The highest BCUT2D eigenvalue weighted by Crippen LogP contribution is 2.42. The van der Waals surface area contributed by atoms with E-state index < -0.39 is 8.56 Å². The molecular weight excluding hydrogens is 414 g/mol. The molecule has 0 heterocycles. The number of nitrogens with zero attached hydrogens (tertiary/aromatic N) is 3. The number of hydrogen-bond acceptors (Lipinski definition) is 5. The average molecular weight is 474 g/mol. The molecule has 0 saturated carbocycles. The van der Waals surface area contributed by atoms with Crippen molar-refractivity contribution in [3.63, 3.8) is 0 Å². The summed E-state index contributed by atoms with van der Waals surface area (Å²) in [7, 11) is 4.66. The van der Waals surface area contributed by atoms with Gasteiger partial charge in [0.1, 0.15) is 0 Å². The van der Waals surface area contributed by atoms with Crippen molar-refractivity contribution >= 4 is 8.56 Å². The molecule has 0 saturated heterocycles. The quantitative estimate of drug-likeness (QED) is 0.188. The van der Waals surface area contributed by atoms with Gasteiger partial charge in [-0.2, -0.15) is 0 Å². The van der Waals surface area contributed by atoms with Gasteiger partial charge in [-0.1, -0.05) is 20.8 Å². The van der Waals surface area contributed by atoms with E-state index in [0.29, 0.717) is 5.41 Å². The Morgan fingerprint density at radius 2 is 0.938 bits per heavy atom. The van der Waals surface area contributed by atoms with Crippen molar-refractivity contribution in [3.05, 3.63) is 0 Å². The van der Waals surface area contributed by atoms with Crippen molar-refractivity contribution in [3.8, 4) is 0 Å². The van der Waals surface area contributed by atoms with E-state index in [1.54, 1.807) is 0 Å². The second kappa shape index (κ2) is 18.4. The van der Waals surface area contributed by atoms with E-state index in [9.17, 15) is 0 Å². The largest absolute Gasteiger partial charge is 0.395 e. The van der Waals surface area contributed by atoms with Gasteiger partial charge >= 0.3 is 8.56 Å². The summed E-state index contributed by atoms with van der Waals surface area (Å²) in [4.78, 5) is 7.37. The molecule has 0 N–H and O–H groups in total. The molecule has 0 aromatic carbocycles. The van der Waals surface area contributed by atoms with Crippen molar-refractivity contribution in [1.29, 1.82) is 0 Å². The first-order valence-electron chi connectivity index (χ1n) is 13.5. The van der Waals surface area contributed by atoms with Crippen LogP contribution in [-0.4, -0.2) is 96.9 Å². The summed E-state index contributed by atoms with van der Waals surface area (Å²) in [5, 5.41) is 0. The molecule has 194 valence electrons. The Hall–Kier alpha value is 0.0169. The van der Waals surface area contributed by atoms with Crippen LogP contribution >= 0.6 is 0 Å². The SMILES string of the molecule is CCO[Si](C)(CCC(CCCN(C)CC)(CCCN(C)CC)CCCN(C)CC)OCC. The van der Waals surface area contributed by atoms with Crippen LogP contribution in [-0.2, 0) is 8.85 Å². The second-order valence-electron chi connectivity index (χ2n) is 10.00. The van der Waals surface area contributed by atoms with E-state index in [0.717, 1.165) is 38.9 Å². The van der Waals surface area contributed by atoms with Crippen LogP contribution in [0.2, 0.25) is 12.6 Å². The first kappa shape index (κ1) is 32.0. The Kier molecular flexibility index (Phi) is 18.4. The maximum absolute atomic E-state index is 6.24. The van der Waals surface area contributed by atoms with Gasteiger partial charge in [0.15, 0.2) is 0 Å². The fraction of sp³-hybridized carbons (Fsp3) is 1.00. The first-order valence-corrected chi connectivity index (χ1v) is 16.1. The van der Waals surface area contributed by atoms with Crippen molar-refractivity contribution in [1.82, 2.24) is 14.7 Å². The van der Waals surface area contributed by atoms with E-state index in [1.165, 1.54) is 64.6 Å². The highest BCUT2D eigenvalue weighted by atomic mass is 28.4. The van der Waals surface area contributed by atoms with Crippen molar-refractivity contribution in [2.24, 2.45) is 5.41 Å². The third kappa shape index (κ3) is 14.3. The number of rotatable bonds is 22. The van der Waals surface area contributed by atoms with Crippen molar-refractivity contribution < 1.29 is 8.85 Å². The minimum absolute atomic E-state index is 0.403. The lowest BCUT2D eigenvalue weighted by Crippen LogP contribution is -2.40. The Balaban J connectivity index is 5.46. The molecule has 0 bridgehead atoms. The summed E-state index contributed by atoms with van der Waals surface area (Å²) < 4.78 is 12.5. The minimum Gasteiger partial charge on any atom is -0.395 e. The third-order valence-corrected chi connectivity index (χ3v) is 10.3. The van der Waals surface area contributed by atoms with Crippen LogP contribution in [0.4, 0.5) is 0 Å². The predicted molar refractivity (Wildman–Crippen MR) is 144 cm³/mol. The molecule has 0 radical (unpaired) electrons. The standard InChI is InChI=1S/C26H59N3O2Si/c1-10-27(6)22-15-18-26(19-16-23-28(7)11-2,20-17-24-29(8)12-3)21-25-32(9,30-13-4)31-14-5/h10-25H2,1-9H3. The van der Waals surface area contributed by atoms with Crippen LogP contribution in [0.15, 0.2) is 0 Å². The Morgan fingerprint density at radius 1 is 0.594 bits per heavy atom. The van der Waals surface area contributed by atoms with Crippen LogP contribution in [0.5, 0.6) is 0 Å². The lowest BCUT2D eigenvalue weighted by Gasteiger charge is -2.38. The van der Waals surface area contributed by atoms with Crippen molar-refractivity contribution in [2.45, 2.75) is 92.2 Å². The fourth-order valence-electron chi connectivity index (χ4n) is 4.69. The van der Waals surface area contributed by atoms with Crippen LogP contribution in [0.3, 0.4) is 0 Å². The minimum atomic E-state index is -2.09. The molecular formula is C26H59N3O2Si. The average Bonchev–Trinajstić information content (AvgIpc) is 2.77. The molecule has 0 aromatic heterocycles. The van der Waals surface area contributed by atoms with E-state index in [2.05, 4.69) is 77.0 Å². The molecule has 0 atom stereocenters. The van der Waals surface area contributed by atoms with Gasteiger partial charge in [-0.25, -0.2) is 0 Å². The predicted octanol–water partition coefficient (Wildman–Crippen LogP) is 5.70. The van der Waals surface area contributed by atoms with Crippen LogP contribution in [0, 0.1) is 5.41 Å². The molecule has 0 unspecified atom stereocenters. The normalized spacial score (nSPS) is 13.1.